The highest BCUT2D eigenvalue weighted by Crippen LogP contribution is 2.20. The highest BCUT2D eigenvalue weighted by molar-refractivity contribution is 7.80. The first-order valence-electron chi connectivity index (χ1n) is 4.59. The molecule has 1 aromatic carbocycles. The van der Waals surface area contributed by atoms with E-state index in [1.165, 1.54) is 0 Å². The molecule has 0 aliphatic rings. The molecule has 0 bridgehead atoms. The van der Waals surface area contributed by atoms with Gasteiger partial charge in [-0.1, -0.05) is 18.2 Å². The third-order valence-electron chi connectivity index (χ3n) is 1.87. The Bertz CT molecular complexity index is 428. The van der Waals surface area contributed by atoms with Crippen molar-refractivity contribution >= 4 is 28.7 Å². The number of hydrazone groups is 1. The van der Waals surface area contributed by atoms with Gasteiger partial charge in [0.05, 0.1) is 5.69 Å². The molecule has 92 valence electrons. The van der Waals surface area contributed by atoms with Gasteiger partial charge in [0.25, 0.3) is 0 Å². The van der Waals surface area contributed by atoms with Crippen LogP contribution in [-0.2, 0) is 0 Å². The predicted molar refractivity (Wildman–Crippen MR) is 64.9 cm³/mol. The van der Waals surface area contributed by atoms with E-state index in [0.717, 1.165) is 11.9 Å². The van der Waals surface area contributed by atoms with Crippen LogP contribution in [0.4, 0.5) is 18.9 Å². The summed E-state index contributed by atoms with van der Waals surface area (Å²) in [5.74, 6) is 0. The summed E-state index contributed by atoms with van der Waals surface area (Å²) in [6.07, 6.45) is -4.50. The summed E-state index contributed by atoms with van der Waals surface area (Å²) < 4.78 is 37.0. The summed E-state index contributed by atoms with van der Waals surface area (Å²) in [6, 6.07) is 8.15. The Morgan fingerprint density at radius 1 is 1.29 bits per heavy atom. The molecule has 0 amide bonds. The van der Waals surface area contributed by atoms with E-state index in [0.29, 0.717) is 5.69 Å². The van der Waals surface area contributed by atoms with Gasteiger partial charge < -0.3 is 5.73 Å². The van der Waals surface area contributed by atoms with Crippen LogP contribution in [0.1, 0.15) is 6.92 Å². The van der Waals surface area contributed by atoms with Crippen LogP contribution in [0.5, 0.6) is 0 Å². The normalized spacial score (nSPS) is 12.4. The molecule has 0 saturated heterocycles. The van der Waals surface area contributed by atoms with Crippen molar-refractivity contribution in [2.24, 2.45) is 10.8 Å². The number of halogens is 3. The second-order valence-electron chi connectivity index (χ2n) is 3.17. The van der Waals surface area contributed by atoms with Crippen molar-refractivity contribution in [3.63, 3.8) is 0 Å². The Morgan fingerprint density at radius 2 is 1.82 bits per heavy atom. The zero-order chi connectivity index (χ0) is 13.1. The minimum atomic E-state index is -4.50. The number of hydrogen-bond acceptors (Lipinski definition) is 2. The summed E-state index contributed by atoms with van der Waals surface area (Å²) >= 11 is 4.67. The second-order valence-corrected chi connectivity index (χ2v) is 3.59. The first kappa shape index (κ1) is 13.4. The highest BCUT2D eigenvalue weighted by atomic mass is 32.1. The highest BCUT2D eigenvalue weighted by Gasteiger charge is 2.33. The average molecular weight is 261 g/mol. The van der Waals surface area contributed by atoms with Gasteiger partial charge in [-0.15, -0.1) is 0 Å². The molecule has 7 heteroatoms. The SMILES string of the molecule is C/C(=N\N(C(N)=S)c1ccccc1)C(F)(F)F. The second kappa shape index (κ2) is 5.13. The third kappa shape index (κ3) is 3.70. The number of alkyl halides is 3. The number of nitrogens with two attached hydrogens (primary N) is 1. The molecule has 3 nitrogen and oxygen atoms in total. The van der Waals surface area contributed by atoms with E-state index in [-0.39, 0.29) is 5.11 Å². The molecular weight excluding hydrogens is 251 g/mol. The minimum Gasteiger partial charge on any atom is -0.374 e. The van der Waals surface area contributed by atoms with Crippen molar-refractivity contribution in [1.82, 2.24) is 0 Å². The fourth-order valence-electron chi connectivity index (χ4n) is 1.01. The van der Waals surface area contributed by atoms with Crippen molar-refractivity contribution in [1.29, 1.82) is 0 Å². The van der Waals surface area contributed by atoms with Crippen molar-refractivity contribution in [3.05, 3.63) is 30.3 Å². The quantitative estimate of drug-likeness (QED) is 0.505. The van der Waals surface area contributed by atoms with Gasteiger partial charge >= 0.3 is 6.18 Å². The topological polar surface area (TPSA) is 41.6 Å². The Labute approximate surface area is 102 Å². The van der Waals surface area contributed by atoms with Gasteiger partial charge in [0.1, 0.15) is 5.71 Å². The van der Waals surface area contributed by atoms with Gasteiger partial charge in [-0.25, -0.2) is 5.01 Å². The Kier molecular flexibility index (Phi) is 4.06. The van der Waals surface area contributed by atoms with Crippen LogP contribution in [0.3, 0.4) is 0 Å². The van der Waals surface area contributed by atoms with Crippen LogP contribution in [0.25, 0.3) is 0 Å². The molecule has 1 rings (SSSR count). The first-order valence-corrected chi connectivity index (χ1v) is 5.00. The Balaban J connectivity index is 3.09. The third-order valence-corrected chi connectivity index (χ3v) is 2.04. The standard InChI is InChI=1S/C10H10F3N3S/c1-7(10(11,12)13)15-16(9(14)17)8-5-3-2-4-6-8/h2-6H,1H3,(H2,14,17)/b15-7+. The lowest BCUT2D eigenvalue weighted by atomic mass is 10.3. The van der Waals surface area contributed by atoms with E-state index in [2.05, 4.69) is 17.3 Å². The molecule has 0 spiro atoms. The average Bonchev–Trinajstić information content (AvgIpc) is 2.25. The number of hydrogen-bond donors (Lipinski definition) is 1. The molecule has 0 atom stereocenters. The lowest BCUT2D eigenvalue weighted by molar-refractivity contribution is -0.0593. The van der Waals surface area contributed by atoms with Gasteiger partial charge in [-0.2, -0.15) is 18.3 Å². The zero-order valence-electron chi connectivity index (χ0n) is 8.90. The monoisotopic (exact) mass is 261 g/mol. The number of anilines is 1. The number of para-hydroxylation sites is 1. The molecule has 0 heterocycles. The van der Waals surface area contributed by atoms with E-state index in [1.807, 2.05) is 0 Å². The van der Waals surface area contributed by atoms with Crippen molar-refractivity contribution < 1.29 is 13.2 Å². The maximum absolute atomic E-state index is 12.3. The summed E-state index contributed by atoms with van der Waals surface area (Å²) in [6.45, 7) is 0.855. The lowest BCUT2D eigenvalue weighted by Gasteiger charge is -2.18. The zero-order valence-corrected chi connectivity index (χ0v) is 9.72. The van der Waals surface area contributed by atoms with Crippen LogP contribution in [-0.4, -0.2) is 17.0 Å². The van der Waals surface area contributed by atoms with Gasteiger partial charge in [0.2, 0.25) is 0 Å². The maximum atomic E-state index is 12.3. The summed E-state index contributed by atoms with van der Waals surface area (Å²) in [5.41, 5.74) is 4.70. The van der Waals surface area contributed by atoms with E-state index in [1.54, 1.807) is 30.3 Å². The summed E-state index contributed by atoms with van der Waals surface area (Å²) in [4.78, 5) is 0. The van der Waals surface area contributed by atoms with E-state index in [9.17, 15) is 13.2 Å². The molecule has 0 saturated carbocycles. The van der Waals surface area contributed by atoms with E-state index >= 15 is 0 Å². The largest absolute Gasteiger partial charge is 0.430 e. The van der Waals surface area contributed by atoms with Gasteiger partial charge in [-0.05, 0) is 31.3 Å². The molecule has 0 radical (unpaired) electrons. The van der Waals surface area contributed by atoms with Crippen LogP contribution in [0, 0.1) is 0 Å². The van der Waals surface area contributed by atoms with Crippen molar-refractivity contribution in [2.45, 2.75) is 13.1 Å². The minimum absolute atomic E-state index is 0.250. The fraction of sp³-hybridized carbons (Fsp3) is 0.200. The smallest absolute Gasteiger partial charge is 0.374 e. The Morgan fingerprint density at radius 3 is 2.24 bits per heavy atom. The van der Waals surface area contributed by atoms with Gasteiger partial charge in [0, 0.05) is 0 Å². The van der Waals surface area contributed by atoms with Crippen LogP contribution in [0.2, 0.25) is 0 Å². The van der Waals surface area contributed by atoms with Gasteiger partial charge in [0.15, 0.2) is 5.11 Å². The molecular formula is C10H10F3N3S. The molecule has 2 N–H and O–H groups in total. The summed E-state index contributed by atoms with van der Waals surface area (Å²) in [7, 11) is 0. The fourth-order valence-corrected chi connectivity index (χ4v) is 1.16. The van der Waals surface area contributed by atoms with Crippen molar-refractivity contribution in [2.75, 3.05) is 5.01 Å². The number of benzene rings is 1. The van der Waals surface area contributed by atoms with Crippen molar-refractivity contribution in [3.8, 4) is 0 Å². The molecule has 0 fully saturated rings. The number of nitrogens with zero attached hydrogens (tertiary/aromatic N) is 2. The molecule has 17 heavy (non-hydrogen) atoms. The number of rotatable bonds is 2. The molecule has 0 aliphatic carbocycles. The van der Waals surface area contributed by atoms with Crippen LogP contribution < -0.4 is 10.7 Å². The van der Waals surface area contributed by atoms with Crippen LogP contribution >= 0.6 is 12.2 Å². The number of thiocarbonyl (C=S) groups is 1. The lowest BCUT2D eigenvalue weighted by Crippen LogP contribution is -2.34. The summed E-state index contributed by atoms with van der Waals surface area (Å²) in [5, 5.41) is 4.00. The first-order chi connectivity index (χ1) is 7.82. The van der Waals surface area contributed by atoms with Gasteiger partial charge in [-0.3, -0.25) is 0 Å². The van der Waals surface area contributed by atoms with E-state index < -0.39 is 11.9 Å². The Hall–Kier alpha value is -1.63. The van der Waals surface area contributed by atoms with E-state index in [4.69, 9.17) is 5.73 Å². The molecule has 0 unspecified atom stereocenters. The molecule has 0 aliphatic heterocycles. The molecule has 1 aromatic rings. The van der Waals surface area contributed by atoms with Crippen LogP contribution in [0.15, 0.2) is 35.4 Å². The molecule has 0 aromatic heterocycles. The predicted octanol–water partition coefficient (Wildman–Crippen LogP) is 2.67. The maximum Gasteiger partial charge on any atom is 0.430 e.